The number of amides is 1. The summed E-state index contributed by atoms with van der Waals surface area (Å²) in [6.45, 7) is 2.53. The van der Waals surface area contributed by atoms with Gasteiger partial charge in [0.2, 0.25) is 5.91 Å². The Morgan fingerprint density at radius 2 is 2.00 bits per heavy atom. The van der Waals surface area contributed by atoms with Gasteiger partial charge in [-0.3, -0.25) is 4.79 Å². The van der Waals surface area contributed by atoms with Crippen molar-refractivity contribution in [2.24, 2.45) is 5.92 Å². The molecule has 116 valence electrons. The average Bonchev–Trinajstić information content (AvgIpc) is 2.49. The molecular formula is C16H22F2N2O. The summed E-state index contributed by atoms with van der Waals surface area (Å²) in [5.41, 5.74) is 0.524. The van der Waals surface area contributed by atoms with Crippen LogP contribution in [0.2, 0.25) is 0 Å². The van der Waals surface area contributed by atoms with Crippen LogP contribution < -0.4 is 5.32 Å². The summed E-state index contributed by atoms with van der Waals surface area (Å²) in [4.78, 5) is 14.0. The molecule has 5 heteroatoms. The zero-order valence-corrected chi connectivity index (χ0v) is 12.4. The van der Waals surface area contributed by atoms with E-state index in [1.807, 2.05) is 11.9 Å². The normalized spacial score (nSPS) is 16.2. The highest BCUT2D eigenvalue weighted by Crippen LogP contribution is 2.21. The molecule has 0 aliphatic carbocycles. The molecule has 1 aliphatic rings. The van der Waals surface area contributed by atoms with Crippen molar-refractivity contribution in [1.29, 1.82) is 0 Å². The van der Waals surface area contributed by atoms with Gasteiger partial charge >= 0.3 is 0 Å². The number of benzene rings is 1. The fraction of sp³-hybridized carbons (Fsp3) is 0.562. The van der Waals surface area contributed by atoms with Gasteiger partial charge in [-0.1, -0.05) is 6.07 Å². The number of carbonyl (C=O) groups is 1. The molecule has 0 bridgehead atoms. The van der Waals surface area contributed by atoms with Crippen LogP contribution in [0, 0.1) is 17.6 Å². The maximum Gasteiger partial charge on any atom is 0.226 e. The van der Waals surface area contributed by atoms with E-state index >= 15 is 0 Å². The molecule has 0 unspecified atom stereocenters. The minimum Gasteiger partial charge on any atom is -0.342 e. The molecule has 1 N–H and O–H groups in total. The van der Waals surface area contributed by atoms with Crippen LogP contribution in [0.25, 0.3) is 0 Å². The Bertz CT molecular complexity index is 485. The number of hydrogen-bond acceptors (Lipinski definition) is 2. The summed E-state index contributed by atoms with van der Waals surface area (Å²) in [7, 11) is 1.94. The topological polar surface area (TPSA) is 32.3 Å². The van der Waals surface area contributed by atoms with Gasteiger partial charge in [-0.25, -0.2) is 8.78 Å². The molecular weight excluding hydrogens is 274 g/mol. The van der Waals surface area contributed by atoms with Crippen molar-refractivity contribution in [1.82, 2.24) is 10.2 Å². The predicted octanol–water partition coefficient (Wildman–Crippen LogP) is 2.36. The Morgan fingerprint density at radius 1 is 1.29 bits per heavy atom. The van der Waals surface area contributed by atoms with Gasteiger partial charge in [-0.2, -0.15) is 0 Å². The fourth-order valence-electron chi connectivity index (χ4n) is 2.76. The minimum atomic E-state index is -0.897. The number of nitrogens with zero attached hydrogens (tertiary/aromatic N) is 1. The van der Waals surface area contributed by atoms with Crippen molar-refractivity contribution in [3.8, 4) is 0 Å². The fourth-order valence-corrected chi connectivity index (χ4v) is 2.76. The van der Waals surface area contributed by atoms with E-state index in [0.29, 0.717) is 11.5 Å². The highest BCUT2D eigenvalue weighted by Gasteiger charge is 2.22. The lowest BCUT2D eigenvalue weighted by molar-refractivity contribution is -0.131. The van der Waals surface area contributed by atoms with Crippen LogP contribution in [-0.2, 0) is 11.2 Å². The number of nitrogens with one attached hydrogen (secondary N) is 1. The first-order chi connectivity index (χ1) is 10.1. The van der Waals surface area contributed by atoms with Crippen LogP contribution >= 0.6 is 0 Å². The van der Waals surface area contributed by atoms with E-state index in [1.165, 1.54) is 6.07 Å². The second kappa shape index (κ2) is 7.50. The number of carbonyl (C=O) groups excluding carboxylic acids is 1. The SMILES string of the molecule is CNCCC1CCN(C(=O)Cc2ccc(F)c(F)c2)CC1. The monoisotopic (exact) mass is 296 g/mol. The van der Waals surface area contributed by atoms with Crippen LogP contribution in [0.5, 0.6) is 0 Å². The van der Waals surface area contributed by atoms with Crippen LogP contribution in [0.1, 0.15) is 24.8 Å². The quantitative estimate of drug-likeness (QED) is 0.904. The van der Waals surface area contributed by atoms with E-state index in [1.54, 1.807) is 0 Å². The number of likely N-dealkylation sites (tertiary alicyclic amines) is 1. The summed E-state index contributed by atoms with van der Waals surface area (Å²) >= 11 is 0. The lowest BCUT2D eigenvalue weighted by Gasteiger charge is -2.32. The van der Waals surface area contributed by atoms with E-state index in [9.17, 15) is 13.6 Å². The average molecular weight is 296 g/mol. The van der Waals surface area contributed by atoms with Gasteiger partial charge in [0.1, 0.15) is 0 Å². The molecule has 1 saturated heterocycles. The highest BCUT2D eigenvalue weighted by molar-refractivity contribution is 5.78. The maximum absolute atomic E-state index is 13.1. The first-order valence-electron chi connectivity index (χ1n) is 7.46. The summed E-state index contributed by atoms with van der Waals surface area (Å²) < 4.78 is 26.0. The van der Waals surface area contributed by atoms with Gasteiger partial charge in [0.25, 0.3) is 0 Å². The molecule has 1 heterocycles. The van der Waals surface area contributed by atoms with Crippen molar-refractivity contribution in [2.75, 3.05) is 26.7 Å². The number of hydrogen-bond donors (Lipinski definition) is 1. The molecule has 0 atom stereocenters. The second-order valence-electron chi connectivity index (χ2n) is 5.64. The molecule has 21 heavy (non-hydrogen) atoms. The zero-order valence-electron chi connectivity index (χ0n) is 12.4. The number of halogens is 2. The van der Waals surface area contributed by atoms with Crippen LogP contribution in [0.3, 0.4) is 0 Å². The van der Waals surface area contributed by atoms with Gasteiger partial charge in [0.15, 0.2) is 11.6 Å². The van der Waals surface area contributed by atoms with Gasteiger partial charge < -0.3 is 10.2 Å². The first-order valence-corrected chi connectivity index (χ1v) is 7.46. The van der Waals surface area contributed by atoms with Crippen molar-refractivity contribution < 1.29 is 13.6 Å². The zero-order chi connectivity index (χ0) is 15.2. The van der Waals surface area contributed by atoms with Gasteiger partial charge in [-0.05, 0) is 56.5 Å². The van der Waals surface area contributed by atoms with E-state index in [2.05, 4.69) is 5.32 Å². The molecule has 2 rings (SSSR count). The van der Waals surface area contributed by atoms with Gasteiger partial charge in [-0.15, -0.1) is 0 Å². The smallest absolute Gasteiger partial charge is 0.226 e. The maximum atomic E-state index is 13.1. The molecule has 0 saturated carbocycles. The van der Waals surface area contributed by atoms with Gasteiger partial charge in [0, 0.05) is 13.1 Å². The Hall–Kier alpha value is -1.49. The largest absolute Gasteiger partial charge is 0.342 e. The lowest BCUT2D eigenvalue weighted by Crippen LogP contribution is -2.39. The number of piperidine rings is 1. The van der Waals surface area contributed by atoms with Crippen molar-refractivity contribution in [3.63, 3.8) is 0 Å². The van der Waals surface area contributed by atoms with E-state index in [-0.39, 0.29) is 12.3 Å². The number of rotatable bonds is 5. The molecule has 1 aliphatic heterocycles. The Morgan fingerprint density at radius 3 is 2.62 bits per heavy atom. The Labute approximate surface area is 124 Å². The molecule has 1 aromatic carbocycles. The third kappa shape index (κ3) is 4.49. The van der Waals surface area contributed by atoms with Crippen LogP contribution in [-0.4, -0.2) is 37.5 Å². The van der Waals surface area contributed by atoms with Crippen molar-refractivity contribution in [3.05, 3.63) is 35.4 Å². The summed E-state index contributed by atoms with van der Waals surface area (Å²) in [5, 5.41) is 3.14. The molecule has 0 aromatic heterocycles. The predicted molar refractivity (Wildman–Crippen MR) is 77.9 cm³/mol. The van der Waals surface area contributed by atoms with E-state index < -0.39 is 11.6 Å². The van der Waals surface area contributed by atoms with Crippen molar-refractivity contribution in [2.45, 2.75) is 25.7 Å². The Kier molecular flexibility index (Phi) is 5.67. The molecule has 0 spiro atoms. The van der Waals surface area contributed by atoms with E-state index in [4.69, 9.17) is 0 Å². The van der Waals surface area contributed by atoms with Crippen LogP contribution in [0.4, 0.5) is 8.78 Å². The third-order valence-electron chi connectivity index (χ3n) is 4.11. The molecule has 3 nitrogen and oxygen atoms in total. The van der Waals surface area contributed by atoms with Crippen LogP contribution in [0.15, 0.2) is 18.2 Å². The lowest BCUT2D eigenvalue weighted by atomic mass is 9.93. The van der Waals surface area contributed by atoms with Crippen molar-refractivity contribution >= 4 is 5.91 Å². The van der Waals surface area contributed by atoms with E-state index in [0.717, 1.165) is 51.0 Å². The molecule has 1 aromatic rings. The summed E-state index contributed by atoms with van der Waals surface area (Å²) in [6.07, 6.45) is 3.32. The summed E-state index contributed by atoms with van der Waals surface area (Å²) in [5.74, 6) is -1.11. The standard InChI is InChI=1S/C16H22F2N2O/c1-19-7-4-12-5-8-20(9-6-12)16(21)11-13-2-3-14(17)15(18)10-13/h2-3,10,12,19H,4-9,11H2,1H3. The van der Waals surface area contributed by atoms with Gasteiger partial charge in [0.05, 0.1) is 6.42 Å². The third-order valence-corrected chi connectivity index (χ3v) is 4.11. The molecule has 0 radical (unpaired) electrons. The Balaban J connectivity index is 1.83. The first kappa shape index (κ1) is 15.9. The molecule has 1 amide bonds. The minimum absolute atomic E-state index is 0.00641. The highest BCUT2D eigenvalue weighted by atomic mass is 19.2. The summed E-state index contributed by atoms with van der Waals surface area (Å²) in [6, 6.07) is 3.64. The second-order valence-corrected chi connectivity index (χ2v) is 5.64. The molecule has 1 fully saturated rings.